The minimum Gasteiger partial charge on any atom is -0.330 e. The topological polar surface area (TPSA) is 29.3 Å². The second kappa shape index (κ2) is 7.34. The molecule has 2 N–H and O–H groups in total. The van der Waals surface area contributed by atoms with E-state index < -0.39 is 0 Å². The first kappa shape index (κ1) is 15.8. The Morgan fingerprint density at radius 2 is 2.17 bits per heavy atom. The van der Waals surface area contributed by atoms with E-state index in [1.54, 1.807) is 0 Å². The molecule has 1 aliphatic heterocycles. The van der Waals surface area contributed by atoms with Crippen LogP contribution >= 0.6 is 24.0 Å². The van der Waals surface area contributed by atoms with Crippen molar-refractivity contribution >= 4 is 24.0 Å². The molecule has 2 nitrogen and oxygen atoms in total. The summed E-state index contributed by atoms with van der Waals surface area (Å²) in [6.07, 6.45) is 2.51. The maximum absolute atomic E-state index is 6.26. The van der Waals surface area contributed by atoms with Crippen molar-refractivity contribution in [2.45, 2.75) is 25.8 Å². The van der Waals surface area contributed by atoms with Crippen molar-refractivity contribution in [3.8, 4) is 0 Å². The zero-order valence-corrected chi connectivity index (χ0v) is 12.4. The molecule has 1 fully saturated rings. The summed E-state index contributed by atoms with van der Waals surface area (Å²) in [6, 6.07) is 8.52. The quantitative estimate of drug-likeness (QED) is 0.923. The fourth-order valence-corrected chi connectivity index (χ4v) is 2.95. The summed E-state index contributed by atoms with van der Waals surface area (Å²) < 4.78 is 0. The lowest BCUT2D eigenvalue weighted by Crippen LogP contribution is -2.39. The molecule has 0 saturated carbocycles. The summed E-state index contributed by atoms with van der Waals surface area (Å²) >= 11 is 6.26. The van der Waals surface area contributed by atoms with E-state index in [1.807, 2.05) is 12.1 Å². The number of hydrogen-bond donors (Lipinski definition) is 1. The van der Waals surface area contributed by atoms with E-state index in [-0.39, 0.29) is 12.4 Å². The molecule has 1 aromatic carbocycles. The highest BCUT2D eigenvalue weighted by Gasteiger charge is 2.24. The molecule has 2 rings (SSSR count). The van der Waals surface area contributed by atoms with E-state index >= 15 is 0 Å². The Hall–Kier alpha value is -0.280. The lowest BCUT2D eigenvalue weighted by atomic mass is 9.95. The average Bonchev–Trinajstić information content (AvgIpc) is 2.38. The summed E-state index contributed by atoms with van der Waals surface area (Å²) in [6.45, 7) is 5.29. The standard InChI is InChI=1S/C14H21ClN2.ClH/c1-11(13-6-2-3-7-14(13)15)17-8-4-5-12(9-16)10-17;/h2-3,6-7,11-12H,4-5,8-10,16H2,1H3;1H. The van der Waals surface area contributed by atoms with Crippen LogP contribution in [0.3, 0.4) is 0 Å². The van der Waals surface area contributed by atoms with Crippen LogP contribution in [-0.2, 0) is 0 Å². The van der Waals surface area contributed by atoms with Gasteiger partial charge in [-0.3, -0.25) is 4.90 Å². The molecule has 1 aliphatic rings. The highest BCUT2D eigenvalue weighted by Crippen LogP contribution is 2.30. The minimum absolute atomic E-state index is 0. The molecule has 0 bridgehead atoms. The SMILES string of the molecule is CC(c1ccccc1Cl)N1CCCC(CN)C1.Cl. The molecular weight excluding hydrogens is 267 g/mol. The van der Waals surface area contributed by atoms with Gasteiger partial charge < -0.3 is 5.73 Å². The van der Waals surface area contributed by atoms with Crippen LogP contribution in [0.25, 0.3) is 0 Å². The van der Waals surface area contributed by atoms with Gasteiger partial charge in [0.05, 0.1) is 0 Å². The molecule has 2 unspecified atom stereocenters. The van der Waals surface area contributed by atoms with E-state index in [4.69, 9.17) is 17.3 Å². The molecule has 0 aromatic heterocycles. The van der Waals surface area contributed by atoms with Gasteiger partial charge in [0.1, 0.15) is 0 Å². The first-order chi connectivity index (χ1) is 8.22. The van der Waals surface area contributed by atoms with E-state index in [0.717, 1.165) is 24.7 Å². The zero-order chi connectivity index (χ0) is 12.3. The molecule has 2 atom stereocenters. The monoisotopic (exact) mass is 288 g/mol. The van der Waals surface area contributed by atoms with Crippen LogP contribution in [0.5, 0.6) is 0 Å². The second-order valence-electron chi connectivity index (χ2n) is 4.94. The molecule has 0 aliphatic carbocycles. The fourth-order valence-electron chi connectivity index (χ4n) is 2.65. The maximum Gasteiger partial charge on any atom is 0.0453 e. The van der Waals surface area contributed by atoms with Crippen molar-refractivity contribution in [3.05, 3.63) is 34.9 Å². The van der Waals surface area contributed by atoms with Crippen molar-refractivity contribution in [1.82, 2.24) is 4.90 Å². The maximum atomic E-state index is 6.26. The summed E-state index contributed by atoms with van der Waals surface area (Å²) in [4.78, 5) is 2.50. The lowest BCUT2D eigenvalue weighted by Gasteiger charge is -2.36. The smallest absolute Gasteiger partial charge is 0.0453 e. The lowest BCUT2D eigenvalue weighted by molar-refractivity contribution is 0.134. The molecule has 1 aromatic rings. The number of nitrogens with zero attached hydrogens (tertiary/aromatic N) is 1. The Bertz CT molecular complexity index is 371. The zero-order valence-electron chi connectivity index (χ0n) is 10.8. The number of likely N-dealkylation sites (tertiary alicyclic amines) is 1. The third kappa shape index (κ3) is 3.61. The molecule has 0 amide bonds. The summed E-state index contributed by atoms with van der Waals surface area (Å²) in [5.74, 6) is 0.647. The van der Waals surface area contributed by atoms with Crippen molar-refractivity contribution in [1.29, 1.82) is 0 Å². The van der Waals surface area contributed by atoms with Gasteiger partial charge in [0.2, 0.25) is 0 Å². The van der Waals surface area contributed by atoms with Crippen molar-refractivity contribution in [2.75, 3.05) is 19.6 Å². The molecule has 4 heteroatoms. The summed E-state index contributed by atoms with van der Waals surface area (Å²) in [5.41, 5.74) is 7.01. The number of hydrogen-bond acceptors (Lipinski definition) is 2. The van der Waals surface area contributed by atoms with Crippen LogP contribution in [0.4, 0.5) is 0 Å². The molecule has 1 heterocycles. The van der Waals surface area contributed by atoms with E-state index in [9.17, 15) is 0 Å². The predicted octanol–water partition coefficient (Wildman–Crippen LogP) is 3.49. The molecule has 1 saturated heterocycles. The molecule has 0 spiro atoms. The summed E-state index contributed by atoms with van der Waals surface area (Å²) in [5, 5.41) is 0.870. The van der Waals surface area contributed by atoms with E-state index in [1.165, 1.54) is 18.4 Å². The van der Waals surface area contributed by atoms with Gasteiger partial charge >= 0.3 is 0 Å². The van der Waals surface area contributed by atoms with Crippen molar-refractivity contribution in [3.63, 3.8) is 0 Å². The third-order valence-corrected chi connectivity index (χ3v) is 4.13. The number of benzene rings is 1. The average molecular weight is 289 g/mol. The van der Waals surface area contributed by atoms with Crippen LogP contribution in [0.15, 0.2) is 24.3 Å². The van der Waals surface area contributed by atoms with Gasteiger partial charge in [-0.05, 0) is 50.4 Å². The fraction of sp³-hybridized carbons (Fsp3) is 0.571. The van der Waals surface area contributed by atoms with Crippen LogP contribution in [-0.4, -0.2) is 24.5 Å². The number of rotatable bonds is 3. The van der Waals surface area contributed by atoms with Gasteiger partial charge in [0.15, 0.2) is 0 Å². The van der Waals surface area contributed by atoms with Crippen LogP contribution < -0.4 is 5.73 Å². The van der Waals surface area contributed by atoms with Gasteiger partial charge in [-0.15, -0.1) is 12.4 Å². The van der Waals surface area contributed by atoms with Gasteiger partial charge in [-0.25, -0.2) is 0 Å². The summed E-state index contributed by atoms with van der Waals surface area (Å²) in [7, 11) is 0. The Morgan fingerprint density at radius 3 is 2.83 bits per heavy atom. The molecule has 0 radical (unpaired) electrons. The Kier molecular flexibility index (Phi) is 6.44. The second-order valence-corrected chi connectivity index (χ2v) is 5.34. The third-order valence-electron chi connectivity index (χ3n) is 3.79. The number of piperidine rings is 1. The molecule has 102 valence electrons. The Labute approximate surface area is 121 Å². The number of halogens is 2. The molecular formula is C14H22Cl2N2. The normalized spacial score (nSPS) is 22.3. The highest BCUT2D eigenvalue weighted by molar-refractivity contribution is 6.31. The number of nitrogens with two attached hydrogens (primary N) is 1. The predicted molar refractivity (Wildman–Crippen MR) is 80.5 cm³/mol. The Morgan fingerprint density at radius 1 is 1.44 bits per heavy atom. The van der Waals surface area contributed by atoms with Gasteiger partial charge in [0.25, 0.3) is 0 Å². The Balaban J connectivity index is 0.00000162. The van der Waals surface area contributed by atoms with Gasteiger partial charge in [0, 0.05) is 17.6 Å². The molecule has 18 heavy (non-hydrogen) atoms. The van der Waals surface area contributed by atoms with Gasteiger partial charge in [-0.2, -0.15) is 0 Å². The van der Waals surface area contributed by atoms with Crippen LogP contribution in [0, 0.1) is 5.92 Å². The van der Waals surface area contributed by atoms with Crippen LogP contribution in [0.2, 0.25) is 5.02 Å². The van der Waals surface area contributed by atoms with E-state index in [2.05, 4.69) is 24.0 Å². The first-order valence-electron chi connectivity index (χ1n) is 6.41. The highest BCUT2D eigenvalue weighted by atomic mass is 35.5. The minimum atomic E-state index is 0. The van der Waals surface area contributed by atoms with E-state index in [0.29, 0.717) is 12.0 Å². The first-order valence-corrected chi connectivity index (χ1v) is 6.78. The largest absolute Gasteiger partial charge is 0.330 e. The van der Waals surface area contributed by atoms with Gasteiger partial charge in [-0.1, -0.05) is 29.8 Å². The van der Waals surface area contributed by atoms with Crippen molar-refractivity contribution in [2.24, 2.45) is 11.7 Å². The van der Waals surface area contributed by atoms with Crippen LogP contribution in [0.1, 0.15) is 31.4 Å². The van der Waals surface area contributed by atoms with Crippen molar-refractivity contribution < 1.29 is 0 Å².